The third-order valence-electron chi connectivity index (χ3n) is 4.36. The van der Waals surface area contributed by atoms with Gasteiger partial charge in [0.2, 0.25) is 0 Å². The molecule has 110 valence electrons. The van der Waals surface area contributed by atoms with Crippen molar-refractivity contribution in [2.24, 2.45) is 0 Å². The fourth-order valence-corrected chi connectivity index (χ4v) is 5.62. The Kier molecular flexibility index (Phi) is 3.07. The molecule has 0 amide bonds. The van der Waals surface area contributed by atoms with Crippen LogP contribution in [-0.2, 0) is 0 Å². The second-order valence-electron chi connectivity index (χ2n) is 5.75. The van der Waals surface area contributed by atoms with Gasteiger partial charge in [0, 0.05) is 25.1 Å². The lowest BCUT2D eigenvalue weighted by Crippen LogP contribution is -1.96. The van der Waals surface area contributed by atoms with Gasteiger partial charge in [-0.1, -0.05) is 60.7 Å². The summed E-state index contributed by atoms with van der Waals surface area (Å²) in [4.78, 5) is 1.37. The Balaban J connectivity index is 1.72. The van der Waals surface area contributed by atoms with Crippen LogP contribution >= 0.6 is 23.1 Å². The lowest BCUT2D eigenvalue weighted by Gasteiger charge is -2.20. The van der Waals surface area contributed by atoms with Crippen LogP contribution in [0.1, 0.15) is 16.4 Å². The highest BCUT2D eigenvalue weighted by Crippen LogP contribution is 2.47. The lowest BCUT2D eigenvalue weighted by atomic mass is 10.0. The van der Waals surface area contributed by atoms with E-state index in [1.54, 1.807) is 0 Å². The van der Waals surface area contributed by atoms with Crippen molar-refractivity contribution in [3.05, 3.63) is 83.9 Å². The van der Waals surface area contributed by atoms with Crippen molar-refractivity contribution < 1.29 is 0 Å². The highest BCUT2D eigenvalue weighted by Gasteiger charge is 2.19. The maximum absolute atomic E-state index is 2.34. The molecule has 0 N–H and O–H groups in total. The third kappa shape index (κ3) is 2.13. The summed E-state index contributed by atoms with van der Waals surface area (Å²) in [6.07, 6.45) is 4.61. The molecule has 0 nitrogen and oxygen atoms in total. The molecule has 3 aromatic carbocycles. The van der Waals surface area contributed by atoms with Crippen LogP contribution in [0, 0.1) is 0 Å². The molecular weight excluding hydrogens is 316 g/mol. The molecule has 1 aromatic heterocycles. The van der Waals surface area contributed by atoms with Gasteiger partial charge in [-0.3, -0.25) is 0 Å². The highest BCUT2D eigenvalue weighted by atomic mass is 32.2. The molecule has 1 atom stereocenters. The summed E-state index contributed by atoms with van der Waals surface area (Å²) >= 11 is 3.85. The zero-order valence-electron chi connectivity index (χ0n) is 12.4. The van der Waals surface area contributed by atoms with Gasteiger partial charge in [0.25, 0.3) is 0 Å². The van der Waals surface area contributed by atoms with Crippen LogP contribution in [-0.4, -0.2) is 0 Å². The van der Waals surface area contributed by atoms with Gasteiger partial charge >= 0.3 is 0 Å². The number of rotatable bonds is 1. The molecule has 0 spiro atoms. The number of thioether (sulfide) groups is 1. The van der Waals surface area contributed by atoms with Crippen LogP contribution in [0.15, 0.2) is 77.7 Å². The number of thiophene rings is 1. The lowest BCUT2D eigenvalue weighted by molar-refractivity contribution is 1.23. The predicted molar refractivity (Wildman–Crippen MR) is 103 cm³/mol. The standard InChI is InChI=1S/C21H14S2/c1-3-9-17-14(6-1)12-13-19(22-17)16-8-5-11-20-21(16)15-7-2-4-10-18(15)23-20/h1-13,19H. The van der Waals surface area contributed by atoms with Gasteiger partial charge < -0.3 is 0 Å². The number of hydrogen-bond donors (Lipinski definition) is 0. The Morgan fingerprint density at radius 3 is 2.57 bits per heavy atom. The minimum Gasteiger partial charge on any atom is -0.135 e. The fraction of sp³-hybridized carbons (Fsp3) is 0.0476. The molecule has 0 fully saturated rings. The molecule has 4 aromatic rings. The van der Waals surface area contributed by atoms with Crippen molar-refractivity contribution >= 4 is 49.3 Å². The van der Waals surface area contributed by atoms with Gasteiger partial charge in [0.1, 0.15) is 0 Å². The summed E-state index contributed by atoms with van der Waals surface area (Å²) in [6, 6.07) is 24.1. The Morgan fingerprint density at radius 2 is 1.57 bits per heavy atom. The average Bonchev–Trinajstić information content (AvgIpc) is 3.00. The Labute approximate surface area is 143 Å². The van der Waals surface area contributed by atoms with Crippen molar-refractivity contribution in [3.63, 3.8) is 0 Å². The molecule has 1 unspecified atom stereocenters. The zero-order chi connectivity index (χ0) is 15.2. The maximum Gasteiger partial charge on any atom is 0.0534 e. The summed E-state index contributed by atoms with van der Waals surface area (Å²) in [6.45, 7) is 0. The van der Waals surface area contributed by atoms with E-state index in [0.29, 0.717) is 5.25 Å². The van der Waals surface area contributed by atoms with Gasteiger partial charge in [0.15, 0.2) is 0 Å². The van der Waals surface area contributed by atoms with E-state index < -0.39 is 0 Å². The summed E-state index contributed by atoms with van der Waals surface area (Å²) in [5.41, 5.74) is 2.76. The van der Waals surface area contributed by atoms with E-state index in [2.05, 4.69) is 78.9 Å². The minimum absolute atomic E-state index is 0.381. The number of benzene rings is 3. The molecule has 2 heteroatoms. The van der Waals surface area contributed by atoms with E-state index in [0.717, 1.165) is 0 Å². The number of hydrogen-bond acceptors (Lipinski definition) is 2. The van der Waals surface area contributed by atoms with Crippen LogP contribution in [0.5, 0.6) is 0 Å². The second kappa shape index (κ2) is 5.26. The quantitative estimate of drug-likeness (QED) is 0.365. The summed E-state index contributed by atoms with van der Waals surface area (Å²) in [5, 5.41) is 3.19. The fourth-order valence-electron chi connectivity index (χ4n) is 3.30. The predicted octanol–water partition coefficient (Wildman–Crippen LogP) is 6.91. The molecular formula is C21H14S2. The topological polar surface area (TPSA) is 0 Å². The molecule has 1 aliphatic heterocycles. The van der Waals surface area contributed by atoms with Crippen LogP contribution in [0.25, 0.3) is 26.2 Å². The zero-order valence-corrected chi connectivity index (χ0v) is 14.0. The first-order chi connectivity index (χ1) is 11.4. The van der Waals surface area contributed by atoms with Crippen molar-refractivity contribution in [1.82, 2.24) is 0 Å². The molecule has 23 heavy (non-hydrogen) atoms. The van der Waals surface area contributed by atoms with Crippen molar-refractivity contribution in [2.45, 2.75) is 10.1 Å². The van der Waals surface area contributed by atoms with Crippen molar-refractivity contribution in [3.8, 4) is 0 Å². The number of fused-ring (bicyclic) bond motifs is 4. The van der Waals surface area contributed by atoms with Gasteiger partial charge in [-0.05, 0) is 29.3 Å². The smallest absolute Gasteiger partial charge is 0.0534 e. The molecule has 0 bridgehead atoms. The Bertz CT molecular complexity index is 1060. The Morgan fingerprint density at radius 1 is 0.739 bits per heavy atom. The minimum atomic E-state index is 0.381. The molecule has 0 aliphatic carbocycles. The first-order valence-electron chi connectivity index (χ1n) is 7.74. The van der Waals surface area contributed by atoms with Crippen LogP contribution in [0.2, 0.25) is 0 Å². The molecule has 2 heterocycles. The summed E-state index contributed by atoms with van der Waals surface area (Å²) in [7, 11) is 0. The second-order valence-corrected chi connectivity index (χ2v) is 8.02. The highest BCUT2D eigenvalue weighted by molar-refractivity contribution is 7.99. The third-order valence-corrected chi connectivity index (χ3v) is 6.79. The van der Waals surface area contributed by atoms with Gasteiger partial charge in [0.05, 0.1) is 5.25 Å². The summed E-state index contributed by atoms with van der Waals surface area (Å²) < 4.78 is 2.76. The first-order valence-corrected chi connectivity index (χ1v) is 9.44. The van der Waals surface area contributed by atoms with Gasteiger partial charge in [-0.15, -0.1) is 23.1 Å². The molecule has 1 aliphatic rings. The van der Waals surface area contributed by atoms with E-state index >= 15 is 0 Å². The van der Waals surface area contributed by atoms with E-state index in [4.69, 9.17) is 0 Å². The van der Waals surface area contributed by atoms with Crippen LogP contribution < -0.4 is 0 Å². The van der Waals surface area contributed by atoms with Crippen molar-refractivity contribution in [2.75, 3.05) is 0 Å². The molecule has 0 saturated heterocycles. The summed E-state index contributed by atoms with van der Waals surface area (Å²) in [5.74, 6) is 0. The SMILES string of the molecule is C1=CC(c2cccc3sc4ccccc4c23)Sc2ccccc21. The maximum atomic E-state index is 2.34. The van der Waals surface area contributed by atoms with Gasteiger partial charge in [-0.25, -0.2) is 0 Å². The van der Waals surface area contributed by atoms with E-state index in [9.17, 15) is 0 Å². The van der Waals surface area contributed by atoms with E-state index in [1.807, 2.05) is 23.1 Å². The Hall–Kier alpha value is -2.03. The molecule has 5 rings (SSSR count). The van der Waals surface area contributed by atoms with Gasteiger partial charge in [-0.2, -0.15) is 0 Å². The van der Waals surface area contributed by atoms with E-state index in [1.165, 1.54) is 36.2 Å². The molecule has 0 saturated carbocycles. The largest absolute Gasteiger partial charge is 0.135 e. The van der Waals surface area contributed by atoms with E-state index in [-0.39, 0.29) is 0 Å². The first kappa shape index (κ1) is 13.4. The molecule has 0 radical (unpaired) electrons. The average molecular weight is 330 g/mol. The monoisotopic (exact) mass is 330 g/mol. The van der Waals surface area contributed by atoms with Crippen LogP contribution in [0.3, 0.4) is 0 Å². The van der Waals surface area contributed by atoms with Crippen molar-refractivity contribution in [1.29, 1.82) is 0 Å². The van der Waals surface area contributed by atoms with Crippen LogP contribution in [0.4, 0.5) is 0 Å². The normalized spacial score (nSPS) is 16.8.